The van der Waals surface area contributed by atoms with Gasteiger partial charge in [0.05, 0.1) is 18.7 Å². The first-order chi connectivity index (χ1) is 9.63. The minimum absolute atomic E-state index is 0.144. The molecule has 0 atom stereocenters. The van der Waals surface area contributed by atoms with Crippen LogP contribution >= 0.6 is 21.6 Å². The van der Waals surface area contributed by atoms with Crippen LogP contribution in [0.5, 0.6) is 0 Å². The summed E-state index contributed by atoms with van der Waals surface area (Å²) in [7, 11) is 3.00. The molecule has 1 heterocycles. The fraction of sp³-hybridized carbons (Fsp3) is 0.417. The van der Waals surface area contributed by atoms with Crippen molar-refractivity contribution in [2.45, 2.75) is 13.0 Å². The number of aliphatic carboxylic acids is 1. The topological polar surface area (TPSA) is 99.5 Å². The lowest BCUT2D eigenvalue weighted by atomic mass is 10.2. The van der Waals surface area contributed by atoms with E-state index in [-0.39, 0.29) is 18.9 Å². The van der Waals surface area contributed by atoms with Crippen molar-refractivity contribution in [2.24, 2.45) is 0 Å². The zero-order chi connectivity index (χ0) is 14.8. The Kier molecular flexibility index (Phi) is 8.08. The number of pyridine rings is 1. The lowest BCUT2D eigenvalue weighted by molar-refractivity contribution is -0.136. The van der Waals surface area contributed by atoms with Crippen LogP contribution in [0.1, 0.15) is 22.5 Å². The zero-order valence-corrected chi connectivity index (χ0v) is 12.4. The number of carbonyl (C=O) groups excluding carboxylic acids is 1. The second-order valence-electron chi connectivity index (χ2n) is 3.74. The molecule has 1 aromatic rings. The van der Waals surface area contributed by atoms with Crippen molar-refractivity contribution in [3.05, 3.63) is 29.6 Å². The lowest BCUT2D eigenvalue weighted by Crippen LogP contribution is -2.25. The third-order valence-corrected chi connectivity index (χ3v) is 4.60. The number of nitrogens with zero attached hydrogens (tertiary/aromatic N) is 1. The first kappa shape index (κ1) is 16.8. The Bertz CT molecular complexity index is 457. The molecule has 0 fully saturated rings. The Morgan fingerprint density at radius 2 is 2.05 bits per heavy atom. The number of nitrogens with one attached hydrogen (secondary N) is 1. The first-order valence-electron chi connectivity index (χ1n) is 5.93. The summed E-state index contributed by atoms with van der Waals surface area (Å²) < 4.78 is 0. The number of hydrogen-bond donors (Lipinski definition) is 3. The number of carboxylic acids is 1. The van der Waals surface area contributed by atoms with E-state index in [1.165, 1.54) is 27.8 Å². The van der Waals surface area contributed by atoms with Gasteiger partial charge in [-0.25, -0.2) is 0 Å². The summed E-state index contributed by atoms with van der Waals surface area (Å²) in [6, 6.07) is 3.13. The number of aliphatic hydroxyl groups excluding tert-OH is 1. The standard InChI is InChI=1S/C12H16N2O4S2/c15-8-10-7-9(1-3-13-10)12(18)14-4-6-20-19-5-2-11(16)17/h1,3,7,15H,2,4-6,8H2,(H,14,18)(H,16,17). The number of rotatable bonds is 9. The van der Waals surface area contributed by atoms with Crippen molar-refractivity contribution in [1.82, 2.24) is 10.3 Å². The molecule has 0 aliphatic rings. The van der Waals surface area contributed by atoms with Gasteiger partial charge in [0.25, 0.3) is 5.91 Å². The van der Waals surface area contributed by atoms with Crippen LogP contribution in [0.25, 0.3) is 0 Å². The summed E-state index contributed by atoms with van der Waals surface area (Å²) in [6.45, 7) is 0.303. The molecule has 0 spiro atoms. The molecule has 1 rings (SSSR count). The van der Waals surface area contributed by atoms with E-state index in [2.05, 4.69) is 10.3 Å². The smallest absolute Gasteiger partial charge is 0.304 e. The van der Waals surface area contributed by atoms with Gasteiger partial charge in [-0.15, -0.1) is 0 Å². The highest BCUT2D eigenvalue weighted by Gasteiger charge is 2.06. The fourth-order valence-corrected chi connectivity index (χ4v) is 3.15. The van der Waals surface area contributed by atoms with E-state index in [0.29, 0.717) is 29.3 Å². The Morgan fingerprint density at radius 1 is 1.30 bits per heavy atom. The van der Waals surface area contributed by atoms with Crippen LogP contribution in [-0.4, -0.2) is 45.1 Å². The van der Waals surface area contributed by atoms with E-state index in [4.69, 9.17) is 10.2 Å². The molecule has 1 aromatic heterocycles. The highest BCUT2D eigenvalue weighted by atomic mass is 33.1. The van der Waals surface area contributed by atoms with Gasteiger partial charge in [0.15, 0.2) is 0 Å². The molecule has 6 nitrogen and oxygen atoms in total. The maximum Gasteiger partial charge on any atom is 0.304 e. The summed E-state index contributed by atoms with van der Waals surface area (Å²) >= 11 is 0. The molecular formula is C12H16N2O4S2. The first-order valence-corrected chi connectivity index (χ1v) is 8.42. The molecule has 0 unspecified atom stereocenters. The number of carboxylic acid groups (broad SMARTS) is 1. The molecule has 3 N–H and O–H groups in total. The predicted molar refractivity (Wildman–Crippen MR) is 79.7 cm³/mol. The van der Waals surface area contributed by atoms with Gasteiger partial charge in [-0.3, -0.25) is 14.6 Å². The van der Waals surface area contributed by atoms with E-state index in [9.17, 15) is 9.59 Å². The Labute approximate surface area is 124 Å². The summed E-state index contributed by atoms with van der Waals surface area (Å²) in [6.07, 6.45) is 1.63. The minimum Gasteiger partial charge on any atom is -0.481 e. The van der Waals surface area contributed by atoms with Crippen molar-refractivity contribution in [3.63, 3.8) is 0 Å². The van der Waals surface area contributed by atoms with Crippen molar-refractivity contribution in [2.75, 3.05) is 18.1 Å². The third kappa shape index (κ3) is 6.78. The van der Waals surface area contributed by atoms with Crippen LogP contribution in [0.15, 0.2) is 18.3 Å². The van der Waals surface area contributed by atoms with Crippen molar-refractivity contribution in [3.8, 4) is 0 Å². The molecule has 20 heavy (non-hydrogen) atoms. The molecule has 0 bridgehead atoms. The molecule has 1 amide bonds. The van der Waals surface area contributed by atoms with Crippen LogP contribution < -0.4 is 5.32 Å². The molecule has 8 heteroatoms. The van der Waals surface area contributed by atoms with Gasteiger partial charge in [-0.2, -0.15) is 0 Å². The molecule has 0 saturated heterocycles. The SMILES string of the molecule is O=C(O)CCSSCCNC(=O)c1ccnc(CO)c1. The molecule has 0 aliphatic carbocycles. The quantitative estimate of drug-likeness (QED) is 0.464. The molecule has 0 saturated carbocycles. The van der Waals surface area contributed by atoms with Gasteiger partial charge in [0.2, 0.25) is 0 Å². The highest BCUT2D eigenvalue weighted by Crippen LogP contribution is 2.20. The molecule has 0 aromatic carbocycles. The largest absolute Gasteiger partial charge is 0.481 e. The van der Waals surface area contributed by atoms with E-state index in [0.717, 1.165) is 0 Å². The normalized spacial score (nSPS) is 10.2. The molecular weight excluding hydrogens is 300 g/mol. The molecule has 0 radical (unpaired) electrons. The van der Waals surface area contributed by atoms with Crippen molar-refractivity contribution in [1.29, 1.82) is 0 Å². The summed E-state index contributed by atoms with van der Waals surface area (Å²) in [5.74, 6) is 0.244. The maximum atomic E-state index is 11.8. The third-order valence-electron chi connectivity index (χ3n) is 2.19. The molecule has 110 valence electrons. The van der Waals surface area contributed by atoms with Gasteiger partial charge < -0.3 is 15.5 Å². The predicted octanol–water partition coefficient (Wildman–Crippen LogP) is 1.16. The van der Waals surface area contributed by atoms with Crippen molar-refractivity contribution >= 4 is 33.5 Å². The van der Waals surface area contributed by atoms with Crippen LogP contribution in [-0.2, 0) is 11.4 Å². The van der Waals surface area contributed by atoms with Gasteiger partial charge in [0, 0.05) is 29.8 Å². The number of amides is 1. The second-order valence-corrected chi connectivity index (χ2v) is 6.44. The Hall–Kier alpha value is -1.25. The average molecular weight is 316 g/mol. The second kappa shape index (κ2) is 9.62. The van der Waals surface area contributed by atoms with Gasteiger partial charge in [-0.1, -0.05) is 21.6 Å². The van der Waals surface area contributed by atoms with E-state index in [1.807, 2.05) is 0 Å². The minimum atomic E-state index is -0.802. The van der Waals surface area contributed by atoms with Crippen LogP contribution in [0.4, 0.5) is 0 Å². The average Bonchev–Trinajstić information content (AvgIpc) is 2.45. The highest BCUT2D eigenvalue weighted by molar-refractivity contribution is 8.76. The lowest BCUT2D eigenvalue weighted by Gasteiger charge is -2.05. The fourth-order valence-electron chi connectivity index (χ4n) is 1.26. The zero-order valence-electron chi connectivity index (χ0n) is 10.7. The number of aliphatic hydroxyl groups is 1. The van der Waals surface area contributed by atoms with Gasteiger partial charge in [0.1, 0.15) is 0 Å². The van der Waals surface area contributed by atoms with Crippen LogP contribution in [0, 0.1) is 0 Å². The Morgan fingerprint density at radius 3 is 2.75 bits per heavy atom. The van der Waals surface area contributed by atoms with Crippen molar-refractivity contribution < 1.29 is 19.8 Å². The number of aromatic nitrogens is 1. The van der Waals surface area contributed by atoms with E-state index < -0.39 is 5.97 Å². The Balaban J connectivity index is 2.18. The van der Waals surface area contributed by atoms with Gasteiger partial charge >= 0.3 is 5.97 Å². The summed E-state index contributed by atoms with van der Waals surface area (Å²) in [5, 5.41) is 20.1. The summed E-state index contributed by atoms with van der Waals surface area (Å²) in [5.41, 5.74) is 0.920. The number of hydrogen-bond acceptors (Lipinski definition) is 6. The molecule has 0 aliphatic heterocycles. The maximum absolute atomic E-state index is 11.8. The van der Waals surface area contributed by atoms with E-state index >= 15 is 0 Å². The van der Waals surface area contributed by atoms with E-state index in [1.54, 1.807) is 12.1 Å². The van der Waals surface area contributed by atoms with Crippen LogP contribution in [0.3, 0.4) is 0 Å². The summed E-state index contributed by atoms with van der Waals surface area (Å²) in [4.78, 5) is 26.0. The number of carbonyl (C=O) groups is 2. The van der Waals surface area contributed by atoms with Gasteiger partial charge in [-0.05, 0) is 12.1 Å². The van der Waals surface area contributed by atoms with Crippen LogP contribution in [0.2, 0.25) is 0 Å². The monoisotopic (exact) mass is 316 g/mol.